The lowest BCUT2D eigenvalue weighted by Gasteiger charge is -2.25. The minimum atomic E-state index is -0.0432. The van der Waals surface area contributed by atoms with Crippen LogP contribution in [-0.4, -0.2) is 30.6 Å². The Balaban J connectivity index is 2.20. The van der Waals surface area contributed by atoms with Gasteiger partial charge in [-0.1, -0.05) is 0 Å². The van der Waals surface area contributed by atoms with Crippen LogP contribution in [0.15, 0.2) is 18.3 Å². The summed E-state index contributed by atoms with van der Waals surface area (Å²) < 4.78 is 5.00. The zero-order valence-electron chi connectivity index (χ0n) is 7.06. The fraction of sp³-hybridized carbons (Fsp3) is 0.333. The molecule has 1 amide bonds. The number of carbonyl (C=O) groups is 1. The van der Waals surface area contributed by atoms with Gasteiger partial charge in [-0.25, -0.2) is 4.98 Å². The molecule has 0 aromatic carbocycles. The molecule has 0 N–H and O–H groups in total. The first-order chi connectivity index (χ1) is 6.38. The van der Waals surface area contributed by atoms with Crippen molar-refractivity contribution < 1.29 is 9.53 Å². The number of anilines is 1. The van der Waals surface area contributed by atoms with E-state index in [2.05, 4.69) is 11.1 Å². The third-order valence-electron chi connectivity index (χ3n) is 1.85. The second kappa shape index (κ2) is 3.53. The SMILES string of the molecule is O=C1COCCN1c1c[c]ccn1. The fourth-order valence-electron chi connectivity index (χ4n) is 1.22. The molecule has 4 nitrogen and oxygen atoms in total. The number of aromatic nitrogens is 1. The van der Waals surface area contributed by atoms with Gasteiger partial charge in [-0.2, -0.15) is 0 Å². The third-order valence-corrected chi connectivity index (χ3v) is 1.85. The molecule has 1 radical (unpaired) electrons. The van der Waals surface area contributed by atoms with Crippen molar-refractivity contribution in [3.63, 3.8) is 0 Å². The van der Waals surface area contributed by atoms with E-state index in [9.17, 15) is 4.79 Å². The standard InChI is InChI=1S/C9H9N2O2/c12-9-7-13-6-5-11(9)8-3-1-2-4-10-8/h2-4H,5-7H2. The van der Waals surface area contributed by atoms with E-state index in [4.69, 9.17) is 4.74 Å². The molecule has 0 spiro atoms. The van der Waals surface area contributed by atoms with Crippen molar-refractivity contribution in [1.29, 1.82) is 0 Å². The Labute approximate surface area is 76.1 Å². The Morgan fingerprint density at radius 3 is 3.23 bits per heavy atom. The average molecular weight is 177 g/mol. The van der Waals surface area contributed by atoms with Crippen LogP contribution < -0.4 is 4.90 Å². The van der Waals surface area contributed by atoms with Crippen LogP contribution in [0.3, 0.4) is 0 Å². The Kier molecular flexibility index (Phi) is 2.23. The van der Waals surface area contributed by atoms with Gasteiger partial charge in [-0.3, -0.25) is 9.69 Å². The van der Waals surface area contributed by atoms with Crippen molar-refractivity contribution >= 4 is 11.7 Å². The lowest BCUT2D eigenvalue weighted by Crippen LogP contribution is -2.42. The smallest absolute Gasteiger partial charge is 0.254 e. The van der Waals surface area contributed by atoms with E-state index in [1.807, 2.05) is 0 Å². The molecule has 0 aliphatic carbocycles. The van der Waals surface area contributed by atoms with Gasteiger partial charge >= 0.3 is 0 Å². The van der Waals surface area contributed by atoms with E-state index in [1.54, 1.807) is 23.2 Å². The van der Waals surface area contributed by atoms with Crippen LogP contribution in [0.25, 0.3) is 0 Å². The molecule has 2 heterocycles. The van der Waals surface area contributed by atoms with E-state index in [1.165, 1.54) is 0 Å². The van der Waals surface area contributed by atoms with Gasteiger partial charge in [0.2, 0.25) is 0 Å². The lowest BCUT2D eigenvalue weighted by molar-refractivity contribution is -0.125. The Hall–Kier alpha value is -1.42. The number of hydrogen-bond donors (Lipinski definition) is 0. The summed E-state index contributed by atoms with van der Waals surface area (Å²) in [5.41, 5.74) is 0. The molecule has 0 saturated carbocycles. The summed E-state index contributed by atoms with van der Waals surface area (Å²) in [6, 6.07) is 6.28. The van der Waals surface area contributed by atoms with Crippen LogP contribution in [0.1, 0.15) is 0 Å². The Morgan fingerprint density at radius 2 is 2.54 bits per heavy atom. The van der Waals surface area contributed by atoms with Gasteiger partial charge in [0, 0.05) is 6.20 Å². The minimum Gasteiger partial charge on any atom is -0.370 e. The van der Waals surface area contributed by atoms with Gasteiger partial charge in [-0.05, 0) is 18.2 Å². The molecule has 0 unspecified atom stereocenters. The largest absolute Gasteiger partial charge is 0.370 e. The summed E-state index contributed by atoms with van der Waals surface area (Å²) in [5, 5.41) is 0. The number of pyridine rings is 1. The number of rotatable bonds is 1. The maximum absolute atomic E-state index is 11.3. The first-order valence-corrected chi connectivity index (χ1v) is 4.08. The van der Waals surface area contributed by atoms with Crippen molar-refractivity contribution in [1.82, 2.24) is 4.98 Å². The molecular weight excluding hydrogens is 168 g/mol. The predicted molar refractivity (Wildman–Crippen MR) is 46.2 cm³/mol. The van der Waals surface area contributed by atoms with Crippen LogP contribution in [0, 0.1) is 6.07 Å². The molecular formula is C9H9N2O2. The summed E-state index contributed by atoms with van der Waals surface area (Å²) >= 11 is 0. The van der Waals surface area contributed by atoms with Gasteiger partial charge < -0.3 is 4.74 Å². The summed E-state index contributed by atoms with van der Waals surface area (Å²) in [4.78, 5) is 17.0. The molecule has 1 aliphatic rings. The number of ether oxygens (including phenoxy) is 1. The number of morpholine rings is 1. The zero-order valence-corrected chi connectivity index (χ0v) is 7.06. The van der Waals surface area contributed by atoms with Crippen LogP contribution in [0.2, 0.25) is 0 Å². The van der Waals surface area contributed by atoms with Crippen molar-refractivity contribution in [2.75, 3.05) is 24.7 Å². The molecule has 1 fully saturated rings. The molecule has 67 valence electrons. The van der Waals surface area contributed by atoms with Crippen molar-refractivity contribution in [2.45, 2.75) is 0 Å². The number of carbonyl (C=O) groups excluding carboxylic acids is 1. The number of hydrogen-bond acceptors (Lipinski definition) is 3. The van der Waals surface area contributed by atoms with E-state index >= 15 is 0 Å². The Bertz CT molecular complexity index is 300. The summed E-state index contributed by atoms with van der Waals surface area (Å²) in [7, 11) is 0. The Morgan fingerprint density at radius 1 is 1.62 bits per heavy atom. The van der Waals surface area contributed by atoms with Crippen LogP contribution in [0.5, 0.6) is 0 Å². The van der Waals surface area contributed by atoms with E-state index in [0.29, 0.717) is 19.0 Å². The highest BCUT2D eigenvalue weighted by Gasteiger charge is 2.20. The first-order valence-electron chi connectivity index (χ1n) is 4.08. The summed E-state index contributed by atoms with van der Waals surface area (Å²) in [6.45, 7) is 1.29. The predicted octanol–water partition coefficient (Wildman–Crippen LogP) is 0.245. The molecule has 1 saturated heterocycles. The van der Waals surface area contributed by atoms with Crippen LogP contribution in [-0.2, 0) is 9.53 Å². The summed E-state index contributed by atoms with van der Waals surface area (Å²) in [6.07, 6.45) is 1.62. The molecule has 0 atom stereocenters. The van der Waals surface area contributed by atoms with E-state index in [0.717, 1.165) is 0 Å². The molecule has 0 bridgehead atoms. The number of nitrogens with zero attached hydrogens (tertiary/aromatic N) is 2. The van der Waals surface area contributed by atoms with Crippen molar-refractivity contribution in [3.05, 3.63) is 24.4 Å². The van der Waals surface area contributed by atoms with Gasteiger partial charge in [-0.15, -0.1) is 0 Å². The van der Waals surface area contributed by atoms with Gasteiger partial charge in [0.15, 0.2) is 0 Å². The average Bonchev–Trinajstić information content (AvgIpc) is 2.20. The zero-order chi connectivity index (χ0) is 9.10. The van der Waals surface area contributed by atoms with Crippen LogP contribution >= 0.6 is 0 Å². The third kappa shape index (κ3) is 1.67. The molecule has 1 aromatic heterocycles. The molecule has 1 aliphatic heterocycles. The molecule has 1 aromatic rings. The monoisotopic (exact) mass is 177 g/mol. The maximum Gasteiger partial charge on any atom is 0.254 e. The quantitative estimate of drug-likeness (QED) is 0.617. The topological polar surface area (TPSA) is 42.4 Å². The summed E-state index contributed by atoms with van der Waals surface area (Å²) in [5.74, 6) is 0.606. The minimum absolute atomic E-state index is 0.0432. The molecule has 2 rings (SSSR count). The van der Waals surface area contributed by atoms with Crippen molar-refractivity contribution in [2.24, 2.45) is 0 Å². The lowest BCUT2D eigenvalue weighted by atomic mass is 10.3. The normalized spacial score (nSPS) is 17.5. The van der Waals surface area contributed by atoms with Gasteiger partial charge in [0.1, 0.15) is 12.4 Å². The second-order valence-corrected chi connectivity index (χ2v) is 2.71. The highest BCUT2D eigenvalue weighted by molar-refractivity contribution is 5.93. The number of amides is 1. The molecule has 13 heavy (non-hydrogen) atoms. The maximum atomic E-state index is 11.3. The van der Waals surface area contributed by atoms with Crippen LogP contribution in [0.4, 0.5) is 5.82 Å². The second-order valence-electron chi connectivity index (χ2n) is 2.71. The van der Waals surface area contributed by atoms with Gasteiger partial charge in [0.25, 0.3) is 5.91 Å². The van der Waals surface area contributed by atoms with Crippen molar-refractivity contribution in [3.8, 4) is 0 Å². The van der Waals surface area contributed by atoms with Gasteiger partial charge in [0.05, 0.1) is 13.2 Å². The van der Waals surface area contributed by atoms with E-state index in [-0.39, 0.29) is 12.5 Å². The highest BCUT2D eigenvalue weighted by Crippen LogP contribution is 2.11. The highest BCUT2D eigenvalue weighted by atomic mass is 16.5. The molecule has 4 heteroatoms. The van der Waals surface area contributed by atoms with E-state index < -0.39 is 0 Å². The first kappa shape index (κ1) is 8.19. The fourth-order valence-corrected chi connectivity index (χ4v) is 1.22.